The molecule has 0 bridgehead atoms. The smallest absolute Gasteiger partial charge is 0.220 e. The zero-order valence-corrected chi connectivity index (χ0v) is 65.0. The molecule has 2 rings (SSSR count). The van der Waals surface area contributed by atoms with E-state index >= 15 is 0 Å². The van der Waals surface area contributed by atoms with E-state index in [2.05, 4.69) is 19.2 Å². The van der Waals surface area contributed by atoms with Gasteiger partial charge in [0.2, 0.25) is 5.91 Å². The molecule has 0 spiro atoms. The van der Waals surface area contributed by atoms with E-state index in [1.807, 2.05) is 0 Å². The second-order valence-corrected chi connectivity index (χ2v) is 31.4. The van der Waals surface area contributed by atoms with Gasteiger partial charge in [0.1, 0.15) is 48.8 Å². The number of amides is 1. The van der Waals surface area contributed by atoms with Gasteiger partial charge in [0.25, 0.3) is 0 Å². The van der Waals surface area contributed by atoms with Crippen LogP contribution in [-0.4, -0.2) is 140 Å². The number of ether oxygens (including phenoxy) is 4. The van der Waals surface area contributed by atoms with Gasteiger partial charge in [-0.15, -0.1) is 0 Å². The number of rotatable bonds is 76. The summed E-state index contributed by atoms with van der Waals surface area (Å²) in [5.74, 6) is -0.194. The van der Waals surface area contributed by atoms with Crippen molar-refractivity contribution in [1.29, 1.82) is 0 Å². The van der Waals surface area contributed by atoms with E-state index in [0.717, 1.165) is 51.4 Å². The molecule has 1 amide bonds. The monoisotopic (exact) mass is 1410 g/mol. The highest BCUT2D eigenvalue weighted by Crippen LogP contribution is 2.31. The van der Waals surface area contributed by atoms with Gasteiger partial charge in [-0.25, -0.2) is 0 Å². The van der Waals surface area contributed by atoms with Gasteiger partial charge in [0, 0.05) is 6.42 Å². The summed E-state index contributed by atoms with van der Waals surface area (Å²) >= 11 is 0. The SMILES string of the molecule is CCCCCCCCCCCCCCCCCCCCCCCCCCCCCCCCCCCCCCCCCC(=O)NC(COC1OC(CO)C(OC2OC(CO)C(O)C(O)C2O)C(O)C1O)C(O)CCCCCCCCCCCCCCCCCCCCCCCCCCCC. The highest BCUT2D eigenvalue weighted by Gasteiger charge is 2.51. The Balaban J connectivity index is 1.54. The molecule has 0 aliphatic carbocycles. The third kappa shape index (κ3) is 52.6. The molecule has 590 valence electrons. The molecule has 0 aromatic rings. The quantitative estimate of drug-likeness (QED) is 0.0259. The molecule has 14 heteroatoms. The van der Waals surface area contributed by atoms with Crippen LogP contribution in [-0.2, 0) is 23.7 Å². The molecule has 2 fully saturated rings. The van der Waals surface area contributed by atoms with Gasteiger partial charge in [0.15, 0.2) is 12.6 Å². The number of aliphatic hydroxyl groups excluding tert-OH is 8. The maximum Gasteiger partial charge on any atom is 0.220 e. The average Bonchev–Trinajstić information content (AvgIpc) is 0.794. The first-order chi connectivity index (χ1) is 48.6. The summed E-state index contributed by atoms with van der Waals surface area (Å²) in [6.07, 6.45) is 71.8. The van der Waals surface area contributed by atoms with Crippen LogP contribution < -0.4 is 5.32 Å². The van der Waals surface area contributed by atoms with Gasteiger partial charge in [-0.05, 0) is 12.8 Å². The summed E-state index contributed by atoms with van der Waals surface area (Å²) in [5, 5.41) is 88.0. The van der Waals surface area contributed by atoms with Gasteiger partial charge in [0.05, 0.1) is 32.0 Å². The predicted molar refractivity (Wildman–Crippen MR) is 411 cm³/mol. The Morgan fingerprint density at radius 3 is 0.859 bits per heavy atom. The van der Waals surface area contributed by atoms with Crippen molar-refractivity contribution in [3.63, 3.8) is 0 Å². The lowest BCUT2D eigenvalue weighted by Crippen LogP contribution is -2.65. The van der Waals surface area contributed by atoms with E-state index in [1.54, 1.807) is 0 Å². The van der Waals surface area contributed by atoms with Crippen molar-refractivity contribution in [2.45, 2.75) is 518 Å². The van der Waals surface area contributed by atoms with Crippen LogP contribution in [0.15, 0.2) is 0 Å². The van der Waals surface area contributed by atoms with Crippen LogP contribution in [0.5, 0.6) is 0 Å². The van der Waals surface area contributed by atoms with Gasteiger partial charge in [-0.1, -0.05) is 425 Å². The largest absolute Gasteiger partial charge is 0.394 e. The molecule has 14 nitrogen and oxygen atoms in total. The van der Waals surface area contributed by atoms with Crippen LogP contribution in [0.2, 0.25) is 0 Å². The van der Waals surface area contributed by atoms with E-state index < -0.39 is 86.8 Å². The molecule has 12 atom stereocenters. The van der Waals surface area contributed by atoms with E-state index in [9.17, 15) is 45.6 Å². The van der Waals surface area contributed by atoms with E-state index in [0.29, 0.717) is 12.8 Å². The molecule has 2 aliphatic heterocycles. The van der Waals surface area contributed by atoms with Crippen molar-refractivity contribution in [2.24, 2.45) is 0 Å². The Bertz CT molecular complexity index is 1660. The number of carbonyl (C=O) groups excluding carboxylic acids is 1. The lowest BCUT2D eigenvalue weighted by molar-refractivity contribution is -0.359. The average molecular weight is 1410 g/mol. The maximum atomic E-state index is 13.4. The van der Waals surface area contributed by atoms with Crippen LogP contribution in [0.4, 0.5) is 0 Å². The van der Waals surface area contributed by atoms with E-state index in [-0.39, 0.29) is 12.5 Å². The standard InChI is InChI=1S/C85H167NO13/c1-3-5-7-9-11-13-15-17-19-21-23-25-27-29-31-32-33-34-35-36-37-38-39-40-41-42-43-45-47-49-51-53-55-57-59-61-63-65-67-69-77(90)86-73(72-96-84-82(95)80(93)83(76(71-88)98-84)99-85-81(94)79(92)78(91)75(70-87)97-85)74(89)68-66-64-62-60-58-56-54-52-50-48-46-44-30-28-26-24-22-20-18-16-14-12-10-8-6-4-2/h73-76,78-85,87-89,91-95H,3-72H2,1-2H3,(H,86,90). The Morgan fingerprint density at radius 1 is 0.323 bits per heavy atom. The molecule has 12 unspecified atom stereocenters. The Labute approximate surface area is 610 Å². The molecule has 0 aromatic carbocycles. The number of nitrogens with one attached hydrogen (secondary N) is 1. The molecular weight excluding hydrogens is 1240 g/mol. The molecule has 2 aliphatic rings. The molecule has 0 aromatic heterocycles. The van der Waals surface area contributed by atoms with Crippen molar-refractivity contribution in [1.82, 2.24) is 5.32 Å². The first kappa shape index (κ1) is 94.1. The topological polar surface area (TPSA) is 228 Å². The minimum atomic E-state index is -1.78. The summed E-state index contributed by atoms with van der Waals surface area (Å²) in [6, 6.07) is -0.826. The summed E-state index contributed by atoms with van der Waals surface area (Å²) < 4.78 is 23.0. The highest BCUT2D eigenvalue weighted by atomic mass is 16.7. The number of hydrogen-bond acceptors (Lipinski definition) is 13. The van der Waals surface area contributed by atoms with Crippen LogP contribution in [0.25, 0.3) is 0 Å². The summed E-state index contributed by atoms with van der Waals surface area (Å²) in [4.78, 5) is 13.4. The Morgan fingerprint density at radius 2 is 0.576 bits per heavy atom. The molecule has 2 heterocycles. The second kappa shape index (κ2) is 70.0. The van der Waals surface area contributed by atoms with Crippen LogP contribution in [0, 0.1) is 0 Å². The minimum Gasteiger partial charge on any atom is -0.394 e. The third-order valence-electron chi connectivity index (χ3n) is 22.1. The van der Waals surface area contributed by atoms with Gasteiger partial charge < -0.3 is 65.1 Å². The molecule has 2 saturated heterocycles. The van der Waals surface area contributed by atoms with E-state index in [1.165, 1.54) is 366 Å². The van der Waals surface area contributed by atoms with Crippen LogP contribution >= 0.6 is 0 Å². The van der Waals surface area contributed by atoms with Crippen molar-refractivity contribution < 1.29 is 64.6 Å². The van der Waals surface area contributed by atoms with E-state index in [4.69, 9.17) is 18.9 Å². The fourth-order valence-electron chi connectivity index (χ4n) is 15.2. The third-order valence-corrected chi connectivity index (χ3v) is 22.1. The van der Waals surface area contributed by atoms with Gasteiger partial charge in [-0.2, -0.15) is 0 Å². The highest BCUT2D eigenvalue weighted by molar-refractivity contribution is 5.76. The summed E-state index contributed by atoms with van der Waals surface area (Å²) in [6.45, 7) is 2.96. The number of aliphatic hydroxyl groups is 8. The van der Waals surface area contributed by atoms with Crippen molar-refractivity contribution in [3.05, 3.63) is 0 Å². The van der Waals surface area contributed by atoms with Crippen LogP contribution in [0.1, 0.15) is 444 Å². The van der Waals surface area contributed by atoms with Crippen molar-refractivity contribution in [3.8, 4) is 0 Å². The molecule has 0 saturated carbocycles. The zero-order chi connectivity index (χ0) is 71.5. The number of unbranched alkanes of at least 4 members (excludes halogenated alkanes) is 63. The Hall–Kier alpha value is -1.01. The second-order valence-electron chi connectivity index (χ2n) is 31.4. The summed E-state index contributed by atoms with van der Waals surface area (Å²) in [7, 11) is 0. The lowest BCUT2D eigenvalue weighted by atomic mass is 9.97. The Kier molecular flexibility index (Phi) is 66.5. The zero-order valence-electron chi connectivity index (χ0n) is 65.0. The molecular formula is C85H167NO13. The van der Waals surface area contributed by atoms with Crippen molar-refractivity contribution >= 4 is 5.91 Å². The number of carbonyl (C=O) groups is 1. The first-order valence-corrected chi connectivity index (χ1v) is 43.8. The lowest BCUT2D eigenvalue weighted by Gasteiger charge is -2.46. The van der Waals surface area contributed by atoms with Crippen molar-refractivity contribution in [2.75, 3.05) is 19.8 Å². The van der Waals surface area contributed by atoms with Crippen LogP contribution in [0.3, 0.4) is 0 Å². The minimum absolute atomic E-state index is 0.194. The predicted octanol–water partition coefficient (Wildman–Crippen LogP) is 20.6. The summed E-state index contributed by atoms with van der Waals surface area (Å²) in [5.41, 5.74) is 0. The normalized spacial score (nSPS) is 21.8. The number of hydrogen-bond donors (Lipinski definition) is 9. The maximum absolute atomic E-state index is 13.4. The molecule has 0 radical (unpaired) electrons. The first-order valence-electron chi connectivity index (χ1n) is 43.8. The van der Waals surface area contributed by atoms with Gasteiger partial charge >= 0.3 is 0 Å². The molecule has 9 N–H and O–H groups in total. The van der Waals surface area contributed by atoms with Gasteiger partial charge in [-0.3, -0.25) is 4.79 Å². The fourth-order valence-corrected chi connectivity index (χ4v) is 15.2. The fraction of sp³-hybridized carbons (Fsp3) is 0.988. The molecule has 99 heavy (non-hydrogen) atoms.